The Morgan fingerprint density at radius 3 is 2.48 bits per heavy atom. The fourth-order valence-electron chi connectivity index (χ4n) is 4.42. The van der Waals surface area contributed by atoms with Crippen molar-refractivity contribution in [2.75, 3.05) is 0 Å². The van der Waals surface area contributed by atoms with Crippen LogP contribution in [-0.4, -0.2) is 17.2 Å². The van der Waals surface area contributed by atoms with Gasteiger partial charge in [-0.2, -0.15) is 0 Å². The quantitative estimate of drug-likeness (QED) is 0.711. The van der Waals surface area contributed by atoms with E-state index in [4.69, 9.17) is 9.84 Å². The van der Waals surface area contributed by atoms with Crippen LogP contribution in [0.5, 0.6) is 5.75 Å². The summed E-state index contributed by atoms with van der Waals surface area (Å²) in [6.07, 6.45) is 7.79. The Morgan fingerprint density at radius 2 is 1.78 bits per heavy atom. The van der Waals surface area contributed by atoms with E-state index < -0.39 is 5.97 Å². The van der Waals surface area contributed by atoms with Crippen molar-refractivity contribution < 1.29 is 14.6 Å². The van der Waals surface area contributed by atoms with E-state index >= 15 is 0 Å². The Kier molecular flexibility index (Phi) is 5.47. The minimum atomic E-state index is -0.625. The summed E-state index contributed by atoms with van der Waals surface area (Å²) in [5.74, 6) is 1.21. The first kappa shape index (κ1) is 18.1. The van der Waals surface area contributed by atoms with Crippen LogP contribution in [0.1, 0.15) is 55.6 Å². The summed E-state index contributed by atoms with van der Waals surface area (Å²) < 4.78 is 6.18. The summed E-state index contributed by atoms with van der Waals surface area (Å²) in [6, 6.07) is 19.1. The maximum atomic E-state index is 10.9. The molecule has 2 aromatic rings. The molecule has 0 heterocycles. The number of hydrogen-bond acceptors (Lipinski definition) is 2. The second kappa shape index (κ2) is 8.16. The number of aryl methyl sites for hydroxylation is 1. The van der Waals surface area contributed by atoms with Crippen molar-refractivity contribution in [1.82, 2.24) is 0 Å². The highest BCUT2D eigenvalue weighted by Crippen LogP contribution is 2.42. The van der Waals surface area contributed by atoms with E-state index in [0.29, 0.717) is 17.9 Å². The number of hydrogen-bond donors (Lipinski definition) is 1. The van der Waals surface area contributed by atoms with Crippen LogP contribution in [0.3, 0.4) is 0 Å². The molecule has 4 atom stereocenters. The van der Waals surface area contributed by atoms with E-state index in [1.807, 2.05) is 30.3 Å². The van der Waals surface area contributed by atoms with Gasteiger partial charge in [-0.3, -0.25) is 4.79 Å². The molecule has 0 radical (unpaired) electrons. The third-order valence-electron chi connectivity index (χ3n) is 6.17. The van der Waals surface area contributed by atoms with Crippen molar-refractivity contribution in [2.45, 2.75) is 57.0 Å². The molecule has 142 valence electrons. The molecule has 2 saturated carbocycles. The van der Waals surface area contributed by atoms with Crippen LogP contribution in [0.2, 0.25) is 0 Å². The molecule has 27 heavy (non-hydrogen) atoms. The van der Waals surface area contributed by atoms with Crippen molar-refractivity contribution in [3.8, 4) is 5.75 Å². The van der Waals surface area contributed by atoms with Crippen molar-refractivity contribution in [2.24, 2.45) is 11.8 Å². The van der Waals surface area contributed by atoms with E-state index in [2.05, 4.69) is 24.3 Å². The molecule has 3 nitrogen and oxygen atoms in total. The van der Waals surface area contributed by atoms with Gasteiger partial charge in [0.05, 0.1) is 12.0 Å². The third kappa shape index (κ3) is 4.71. The summed E-state index contributed by atoms with van der Waals surface area (Å²) >= 11 is 0. The molecular formula is C24H28O3. The highest BCUT2D eigenvalue weighted by Gasteiger charge is 2.42. The molecule has 0 aromatic heterocycles. The highest BCUT2D eigenvalue weighted by atomic mass is 16.5. The Hall–Kier alpha value is -2.29. The van der Waals surface area contributed by atoms with Crippen molar-refractivity contribution in [3.63, 3.8) is 0 Å². The summed E-state index contributed by atoms with van der Waals surface area (Å²) in [7, 11) is 0. The normalized spacial score (nSPS) is 27.1. The zero-order valence-corrected chi connectivity index (χ0v) is 15.7. The first-order chi connectivity index (χ1) is 13.2. The van der Waals surface area contributed by atoms with Gasteiger partial charge in [0.2, 0.25) is 0 Å². The lowest BCUT2D eigenvalue weighted by molar-refractivity contribution is -0.138. The predicted octanol–water partition coefficient (Wildman–Crippen LogP) is 5.45. The lowest BCUT2D eigenvalue weighted by Gasteiger charge is -2.30. The first-order valence-electron chi connectivity index (χ1n) is 10.2. The lowest BCUT2D eigenvalue weighted by atomic mass is 9.82. The standard InChI is InChI=1S/C24H28O3/c25-24(26)23-16-20(23)14-11-17-9-12-18(13-10-17)19-5-4-8-22(15-19)27-21-6-2-1-3-7-21/h1-3,6-7,9-10,12-13,19-20,22-23H,4-5,8,11,14-16H2,(H,25,26)/t19-,20+,22+,23+/m1/s1. The monoisotopic (exact) mass is 364 g/mol. The molecule has 0 bridgehead atoms. The molecule has 0 amide bonds. The van der Waals surface area contributed by atoms with E-state index in [1.165, 1.54) is 24.0 Å². The zero-order valence-electron chi connectivity index (χ0n) is 15.7. The number of para-hydroxylation sites is 1. The molecule has 0 aliphatic heterocycles. The number of carboxylic acids is 1. The molecule has 2 aromatic carbocycles. The molecule has 0 spiro atoms. The van der Waals surface area contributed by atoms with E-state index in [9.17, 15) is 4.79 Å². The second-order valence-corrected chi connectivity index (χ2v) is 8.14. The topological polar surface area (TPSA) is 46.5 Å². The van der Waals surface area contributed by atoms with E-state index in [1.54, 1.807) is 0 Å². The summed E-state index contributed by atoms with van der Waals surface area (Å²) in [6.45, 7) is 0. The summed E-state index contributed by atoms with van der Waals surface area (Å²) in [5.41, 5.74) is 2.73. The average molecular weight is 364 g/mol. The van der Waals surface area contributed by atoms with Gasteiger partial charge in [0, 0.05) is 0 Å². The smallest absolute Gasteiger partial charge is 0.306 e. The van der Waals surface area contributed by atoms with Gasteiger partial charge in [-0.05, 0) is 80.0 Å². The molecular weight excluding hydrogens is 336 g/mol. The van der Waals surface area contributed by atoms with Gasteiger partial charge in [0.15, 0.2) is 0 Å². The van der Waals surface area contributed by atoms with Crippen LogP contribution >= 0.6 is 0 Å². The van der Waals surface area contributed by atoms with E-state index in [0.717, 1.165) is 37.9 Å². The Bertz CT molecular complexity index is 753. The Labute approximate surface area is 161 Å². The first-order valence-corrected chi connectivity index (χ1v) is 10.2. The summed E-state index contributed by atoms with van der Waals surface area (Å²) in [5, 5.41) is 9.01. The van der Waals surface area contributed by atoms with Gasteiger partial charge < -0.3 is 9.84 Å². The largest absolute Gasteiger partial charge is 0.490 e. The number of aliphatic carboxylic acids is 1. The summed E-state index contributed by atoms with van der Waals surface area (Å²) in [4.78, 5) is 10.9. The van der Waals surface area contributed by atoms with Gasteiger partial charge >= 0.3 is 5.97 Å². The van der Waals surface area contributed by atoms with Gasteiger partial charge in [0.25, 0.3) is 0 Å². The fourth-order valence-corrected chi connectivity index (χ4v) is 4.42. The van der Waals surface area contributed by atoms with Crippen LogP contribution in [0, 0.1) is 11.8 Å². The minimum absolute atomic E-state index is 0.0898. The minimum Gasteiger partial charge on any atom is -0.490 e. The molecule has 0 unspecified atom stereocenters. The third-order valence-corrected chi connectivity index (χ3v) is 6.17. The van der Waals surface area contributed by atoms with Crippen molar-refractivity contribution >= 4 is 5.97 Å². The molecule has 0 saturated heterocycles. The van der Waals surface area contributed by atoms with Gasteiger partial charge in [-0.15, -0.1) is 0 Å². The Balaban J connectivity index is 1.29. The number of carbonyl (C=O) groups is 1. The molecule has 3 heteroatoms. The van der Waals surface area contributed by atoms with Crippen LogP contribution in [0.4, 0.5) is 0 Å². The fraction of sp³-hybridized carbons (Fsp3) is 0.458. The van der Waals surface area contributed by atoms with E-state index in [-0.39, 0.29) is 5.92 Å². The Morgan fingerprint density at radius 1 is 1.00 bits per heavy atom. The van der Waals surface area contributed by atoms with Crippen molar-refractivity contribution in [3.05, 3.63) is 65.7 Å². The van der Waals surface area contributed by atoms with Crippen LogP contribution in [0.25, 0.3) is 0 Å². The van der Waals surface area contributed by atoms with Gasteiger partial charge in [-0.1, -0.05) is 42.5 Å². The average Bonchev–Trinajstić information content (AvgIpc) is 3.48. The van der Waals surface area contributed by atoms with Gasteiger partial charge in [0.1, 0.15) is 5.75 Å². The van der Waals surface area contributed by atoms with Crippen molar-refractivity contribution in [1.29, 1.82) is 0 Å². The SMILES string of the molecule is O=C(O)[C@H]1C[C@@H]1CCc1ccc([C@@H]2CCC[C@H](Oc3ccccc3)C2)cc1. The van der Waals surface area contributed by atoms with Crippen LogP contribution in [-0.2, 0) is 11.2 Å². The number of rotatable bonds is 7. The molecule has 2 aliphatic carbocycles. The zero-order chi connectivity index (χ0) is 18.6. The maximum absolute atomic E-state index is 10.9. The van der Waals surface area contributed by atoms with Crippen LogP contribution in [0.15, 0.2) is 54.6 Å². The molecule has 1 N–H and O–H groups in total. The maximum Gasteiger partial charge on any atom is 0.306 e. The molecule has 4 rings (SSSR count). The molecule has 2 aliphatic rings. The predicted molar refractivity (Wildman–Crippen MR) is 106 cm³/mol. The van der Waals surface area contributed by atoms with Gasteiger partial charge in [-0.25, -0.2) is 0 Å². The number of ether oxygens (including phenoxy) is 1. The molecule has 2 fully saturated rings. The number of carboxylic acid groups (broad SMARTS) is 1. The number of benzene rings is 2. The van der Waals surface area contributed by atoms with Crippen LogP contribution < -0.4 is 4.74 Å². The highest BCUT2D eigenvalue weighted by molar-refractivity contribution is 5.73. The second-order valence-electron chi connectivity index (χ2n) is 8.14. The lowest BCUT2D eigenvalue weighted by Crippen LogP contribution is -2.24.